The van der Waals surface area contributed by atoms with Crippen LogP contribution >= 0.6 is 0 Å². The van der Waals surface area contributed by atoms with Crippen LogP contribution in [-0.4, -0.2) is 35.0 Å². The summed E-state index contributed by atoms with van der Waals surface area (Å²) in [5.74, 6) is -0.987. The number of carbonyl (C=O) groups excluding carboxylic acids is 1. The average molecular weight is 287 g/mol. The van der Waals surface area contributed by atoms with Crippen molar-refractivity contribution in [3.05, 3.63) is 41.5 Å². The number of hydrogen-bond acceptors (Lipinski definition) is 2. The number of carboxylic acid groups (broad SMARTS) is 1. The van der Waals surface area contributed by atoms with Crippen LogP contribution in [0.3, 0.4) is 0 Å². The van der Waals surface area contributed by atoms with E-state index in [1.807, 2.05) is 11.9 Å². The molecule has 0 atom stereocenters. The number of nitrogens with zero attached hydrogens (tertiary/aromatic N) is 1. The molecule has 0 aliphatic heterocycles. The van der Waals surface area contributed by atoms with Crippen molar-refractivity contribution in [2.45, 2.75) is 38.1 Å². The summed E-state index contributed by atoms with van der Waals surface area (Å²) >= 11 is 0. The quantitative estimate of drug-likeness (QED) is 0.865. The zero-order valence-corrected chi connectivity index (χ0v) is 12.3. The fourth-order valence-electron chi connectivity index (χ4n) is 2.78. The lowest BCUT2D eigenvalue weighted by molar-refractivity contribution is -0.131. The van der Waals surface area contributed by atoms with Crippen LogP contribution in [0.4, 0.5) is 0 Å². The first-order chi connectivity index (χ1) is 10.1. The lowest BCUT2D eigenvalue weighted by Gasteiger charge is -2.31. The first-order valence-electron chi connectivity index (χ1n) is 7.36. The molecule has 0 saturated heterocycles. The Morgan fingerprint density at radius 2 is 1.95 bits per heavy atom. The minimum atomic E-state index is -0.994. The molecule has 0 unspecified atom stereocenters. The number of benzene rings is 1. The van der Waals surface area contributed by atoms with Crippen LogP contribution in [0.5, 0.6) is 0 Å². The third-order valence-electron chi connectivity index (χ3n) is 3.99. The number of rotatable bonds is 4. The molecular formula is C17H21NO3. The Labute approximate surface area is 125 Å². The normalized spacial score (nSPS) is 16.0. The highest BCUT2D eigenvalue weighted by atomic mass is 16.4. The van der Waals surface area contributed by atoms with Gasteiger partial charge in [-0.15, -0.1) is 0 Å². The van der Waals surface area contributed by atoms with Crippen LogP contribution in [0.2, 0.25) is 0 Å². The lowest BCUT2D eigenvalue weighted by atomic mass is 9.94. The second-order valence-corrected chi connectivity index (χ2v) is 5.50. The summed E-state index contributed by atoms with van der Waals surface area (Å²) in [7, 11) is 1.86. The van der Waals surface area contributed by atoms with Gasteiger partial charge in [-0.3, -0.25) is 4.79 Å². The molecule has 0 radical (unpaired) electrons. The first kappa shape index (κ1) is 15.3. The molecular weight excluding hydrogens is 266 g/mol. The second-order valence-electron chi connectivity index (χ2n) is 5.50. The highest BCUT2D eigenvalue weighted by Crippen LogP contribution is 2.23. The highest BCUT2D eigenvalue weighted by molar-refractivity contribution is 5.95. The number of aliphatic carboxylic acids is 1. The monoisotopic (exact) mass is 287 g/mol. The molecule has 0 bridgehead atoms. The highest BCUT2D eigenvalue weighted by Gasteiger charge is 2.22. The Balaban J connectivity index is 2.11. The molecule has 1 fully saturated rings. The molecule has 21 heavy (non-hydrogen) atoms. The van der Waals surface area contributed by atoms with Crippen LogP contribution in [-0.2, 0) is 4.79 Å². The average Bonchev–Trinajstić information content (AvgIpc) is 2.52. The minimum absolute atomic E-state index is 0.00692. The van der Waals surface area contributed by atoms with E-state index < -0.39 is 5.97 Å². The molecule has 1 saturated carbocycles. The van der Waals surface area contributed by atoms with E-state index in [1.54, 1.807) is 24.3 Å². The molecule has 0 spiro atoms. The van der Waals surface area contributed by atoms with Gasteiger partial charge in [0.15, 0.2) is 0 Å². The van der Waals surface area contributed by atoms with Crippen LogP contribution in [0.25, 0.3) is 6.08 Å². The van der Waals surface area contributed by atoms with Crippen molar-refractivity contribution in [2.24, 2.45) is 0 Å². The topological polar surface area (TPSA) is 57.6 Å². The smallest absolute Gasteiger partial charge is 0.328 e. The van der Waals surface area contributed by atoms with Crippen molar-refractivity contribution >= 4 is 18.0 Å². The van der Waals surface area contributed by atoms with Crippen LogP contribution in [0.1, 0.15) is 48.0 Å². The van der Waals surface area contributed by atoms with Gasteiger partial charge in [0.25, 0.3) is 5.91 Å². The zero-order chi connectivity index (χ0) is 15.2. The maximum atomic E-state index is 12.5. The number of amides is 1. The van der Waals surface area contributed by atoms with Gasteiger partial charge >= 0.3 is 5.97 Å². The Morgan fingerprint density at radius 3 is 2.62 bits per heavy atom. The summed E-state index contributed by atoms with van der Waals surface area (Å²) in [4.78, 5) is 24.9. The van der Waals surface area contributed by atoms with E-state index in [-0.39, 0.29) is 5.91 Å². The first-order valence-corrected chi connectivity index (χ1v) is 7.36. The van der Waals surface area contributed by atoms with Crippen molar-refractivity contribution in [3.63, 3.8) is 0 Å². The van der Waals surface area contributed by atoms with Gasteiger partial charge in [-0.05, 0) is 36.6 Å². The fraction of sp³-hybridized carbons (Fsp3) is 0.412. The van der Waals surface area contributed by atoms with E-state index in [9.17, 15) is 9.59 Å². The largest absolute Gasteiger partial charge is 0.478 e. The Bertz CT molecular complexity index is 545. The summed E-state index contributed by atoms with van der Waals surface area (Å²) in [5, 5.41) is 8.65. The predicted molar refractivity (Wildman–Crippen MR) is 82.1 cm³/mol. The lowest BCUT2D eigenvalue weighted by Crippen LogP contribution is -2.38. The number of carbonyl (C=O) groups is 2. The van der Waals surface area contributed by atoms with Crippen molar-refractivity contribution in [2.75, 3.05) is 7.05 Å². The molecule has 1 aliphatic rings. The summed E-state index contributed by atoms with van der Waals surface area (Å²) in [5.41, 5.74) is 1.33. The van der Waals surface area contributed by atoms with Crippen LogP contribution in [0, 0.1) is 0 Å². The van der Waals surface area contributed by atoms with E-state index in [2.05, 4.69) is 0 Å². The maximum Gasteiger partial charge on any atom is 0.328 e. The van der Waals surface area contributed by atoms with E-state index in [1.165, 1.54) is 25.3 Å². The second kappa shape index (κ2) is 7.07. The Morgan fingerprint density at radius 1 is 1.24 bits per heavy atom. The van der Waals surface area contributed by atoms with Crippen LogP contribution < -0.4 is 0 Å². The summed E-state index contributed by atoms with van der Waals surface area (Å²) in [6.07, 6.45) is 8.34. The van der Waals surface area contributed by atoms with E-state index in [0.29, 0.717) is 11.6 Å². The van der Waals surface area contributed by atoms with Crippen molar-refractivity contribution in [1.82, 2.24) is 4.90 Å². The minimum Gasteiger partial charge on any atom is -0.478 e. The third-order valence-corrected chi connectivity index (χ3v) is 3.99. The zero-order valence-electron chi connectivity index (χ0n) is 12.3. The molecule has 1 aromatic rings. The van der Waals surface area contributed by atoms with E-state index in [4.69, 9.17) is 5.11 Å². The van der Waals surface area contributed by atoms with E-state index in [0.717, 1.165) is 24.5 Å². The Hall–Kier alpha value is -2.10. The Kier molecular flexibility index (Phi) is 5.14. The molecule has 4 heteroatoms. The molecule has 0 aromatic heterocycles. The fourth-order valence-corrected chi connectivity index (χ4v) is 2.78. The molecule has 112 valence electrons. The van der Waals surface area contributed by atoms with Gasteiger partial charge in [-0.25, -0.2) is 4.79 Å². The molecule has 1 amide bonds. The number of carboxylic acids is 1. The molecule has 0 heterocycles. The van der Waals surface area contributed by atoms with Gasteiger partial charge < -0.3 is 10.0 Å². The van der Waals surface area contributed by atoms with Gasteiger partial charge in [0.2, 0.25) is 0 Å². The molecule has 2 rings (SSSR count). The summed E-state index contributed by atoms with van der Waals surface area (Å²) in [6.45, 7) is 0. The van der Waals surface area contributed by atoms with Crippen molar-refractivity contribution < 1.29 is 14.7 Å². The predicted octanol–water partition coefficient (Wildman–Crippen LogP) is 3.19. The molecule has 1 aromatic carbocycles. The molecule has 1 N–H and O–H groups in total. The standard InChI is InChI=1S/C17H21NO3/c1-18(15-8-3-2-4-9-15)17(21)14-7-5-6-13(12-14)10-11-16(19)20/h5-7,10-12,15H,2-4,8-9H2,1H3,(H,19,20). The summed E-state index contributed by atoms with van der Waals surface area (Å²) < 4.78 is 0. The van der Waals surface area contributed by atoms with Crippen molar-refractivity contribution in [3.8, 4) is 0 Å². The number of hydrogen-bond donors (Lipinski definition) is 1. The van der Waals surface area contributed by atoms with Crippen molar-refractivity contribution in [1.29, 1.82) is 0 Å². The van der Waals surface area contributed by atoms with Gasteiger partial charge in [-0.1, -0.05) is 31.4 Å². The van der Waals surface area contributed by atoms with E-state index >= 15 is 0 Å². The molecule has 1 aliphatic carbocycles. The SMILES string of the molecule is CN(C(=O)c1cccc(C=CC(=O)O)c1)C1CCCCC1. The van der Waals surface area contributed by atoms with Crippen LogP contribution in [0.15, 0.2) is 30.3 Å². The summed E-state index contributed by atoms with van der Waals surface area (Å²) in [6, 6.07) is 7.41. The van der Waals surface area contributed by atoms with Gasteiger partial charge in [0.1, 0.15) is 0 Å². The third kappa shape index (κ3) is 4.18. The maximum absolute atomic E-state index is 12.5. The van der Waals surface area contributed by atoms with Gasteiger partial charge in [0, 0.05) is 24.7 Å². The van der Waals surface area contributed by atoms with Gasteiger partial charge in [0.05, 0.1) is 0 Å². The van der Waals surface area contributed by atoms with Gasteiger partial charge in [-0.2, -0.15) is 0 Å². The molecule has 4 nitrogen and oxygen atoms in total.